The van der Waals surface area contributed by atoms with Crippen molar-refractivity contribution in [2.45, 2.75) is 26.5 Å². The molecular formula is C17H26N2O3. The third-order valence-corrected chi connectivity index (χ3v) is 3.58. The normalized spacial score (nSPS) is 19.2. The molecule has 1 fully saturated rings. The van der Waals surface area contributed by atoms with Crippen LogP contribution in [0.1, 0.15) is 19.4 Å². The summed E-state index contributed by atoms with van der Waals surface area (Å²) >= 11 is 0. The molecule has 22 heavy (non-hydrogen) atoms. The van der Waals surface area contributed by atoms with Crippen molar-refractivity contribution < 1.29 is 14.3 Å². The SMILES string of the molecule is CNC(=O)[C@H]1CN(Cc2cccc(OCC(C)C)c2)CCO1. The van der Waals surface area contributed by atoms with Crippen molar-refractivity contribution in [2.75, 3.05) is 33.4 Å². The van der Waals surface area contributed by atoms with Crippen molar-refractivity contribution in [3.63, 3.8) is 0 Å². The Hall–Kier alpha value is -1.59. The molecule has 1 aromatic rings. The number of carbonyl (C=O) groups is 1. The molecule has 5 heteroatoms. The number of nitrogens with zero attached hydrogens (tertiary/aromatic N) is 1. The number of hydrogen-bond donors (Lipinski definition) is 1. The second-order valence-corrected chi connectivity index (χ2v) is 6.06. The molecule has 0 saturated carbocycles. The van der Waals surface area contributed by atoms with E-state index < -0.39 is 0 Å². The fourth-order valence-electron chi connectivity index (χ4n) is 2.42. The molecule has 1 amide bonds. The third-order valence-electron chi connectivity index (χ3n) is 3.58. The van der Waals surface area contributed by atoms with Crippen molar-refractivity contribution in [2.24, 2.45) is 5.92 Å². The number of ether oxygens (including phenoxy) is 2. The van der Waals surface area contributed by atoms with Crippen LogP contribution in [0.25, 0.3) is 0 Å². The maximum absolute atomic E-state index is 11.7. The van der Waals surface area contributed by atoms with Crippen LogP contribution in [0.3, 0.4) is 0 Å². The van der Waals surface area contributed by atoms with Crippen LogP contribution < -0.4 is 10.1 Å². The summed E-state index contributed by atoms with van der Waals surface area (Å²) < 4.78 is 11.3. The van der Waals surface area contributed by atoms with Gasteiger partial charge in [-0.3, -0.25) is 9.69 Å². The number of benzene rings is 1. The van der Waals surface area contributed by atoms with E-state index in [0.29, 0.717) is 19.1 Å². The minimum atomic E-state index is -0.376. The third kappa shape index (κ3) is 5.00. The molecule has 0 unspecified atom stereocenters. The zero-order valence-corrected chi connectivity index (χ0v) is 13.7. The summed E-state index contributed by atoms with van der Waals surface area (Å²) in [7, 11) is 1.64. The minimum absolute atomic E-state index is 0.0567. The molecule has 5 nitrogen and oxygen atoms in total. The maximum Gasteiger partial charge on any atom is 0.250 e. The first-order valence-corrected chi connectivity index (χ1v) is 7.85. The van der Waals surface area contributed by atoms with Gasteiger partial charge in [-0.15, -0.1) is 0 Å². The Labute approximate surface area is 132 Å². The Morgan fingerprint density at radius 2 is 2.32 bits per heavy atom. The van der Waals surface area contributed by atoms with Crippen LogP contribution in [0.2, 0.25) is 0 Å². The molecule has 0 radical (unpaired) electrons. The molecule has 0 bridgehead atoms. The average molecular weight is 306 g/mol. The van der Waals surface area contributed by atoms with Gasteiger partial charge in [0.1, 0.15) is 11.9 Å². The lowest BCUT2D eigenvalue weighted by molar-refractivity contribution is -0.138. The van der Waals surface area contributed by atoms with E-state index in [0.717, 1.165) is 25.4 Å². The average Bonchev–Trinajstić information content (AvgIpc) is 2.53. The number of likely N-dealkylation sites (N-methyl/N-ethyl adjacent to an activating group) is 1. The zero-order valence-electron chi connectivity index (χ0n) is 13.7. The molecule has 2 rings (SSSR count). The van der Waals surface area contributed by atoms with Crippen LogP contribution in [-0.4, -0.2) is 50.3 Å². The second-order valence-electron chi connectivity index (χ2n) is 6.06. The Bertz CT molecular complexity index is 491. The van der Waals surface area contributed by atoms with Gasteiger partial charge in [0.25, 0.3) is 0 Å². The van der Waals surface area contributed by atoms with Gasteiger partial charge in [-0.2, -0.15) is 0 Å². The monoisotopic (exact) mass is 306 g/mol. The molecule has 1 N–H and O–H groups in total. The first kappa shape index (κ1) is 16.8. The summed E-state index contributed by atoms with van der Waals surface area (Å²) in [6.45, 7) is 7.84. The Balaban J connectivity index is 1.92. The van der Waals surface area contributed by atoms with Gasteiger partial charge in [-0.05, 0) is 23.6 Å². The van der Waals surface area contributed by atoms with Crippen molar-refractivity contribution in [1.82, 2.24) is 10.2 Å². The molecule has 1 heterocycles. The van der Waals surface area contributed by atoms with Gasteiger partial charge >= 0.3 is 0 Å². The fourth-order valence-corrected chi connectivity index (χ4v) is 2.42. The summed E-state index contributed by atoms with van der Waals surface area (Å²) in [5, 5.41) is 2.64. The lowest BCUT2D eigenvalue weighted by Gasteiger charge is -2.31. The number of nitrogens with one attached hydrogen (secondary N) is 1. The lowest BCUT2D eigenvalue weighted by atomic mass is 10.1. The van der Waals surface area contributed by atoms with Crippen LogP contribution in [0.4, 0.5) is 0 Å². The second kappa shape index (κ2) is 8.15. The zero-order chi connectivity index (χ0) is 15.9. The molecule has 1 aliphatic heterocycles. The highest BCUT2D eigenvalue weighted by atomic mass is 16.5. The summed E-state index contributed by atoms with van der Waals surface area (Å²) in [5.41, 5.74) is 1.19. The van der Waals surface area contributed by atoms with E-state index in [1.165, 1.54) is 5.56 Å². The van der Waals surface area contributed by atoms with E-state index in [4.69, 9.17) is 9.47 Å². The maximum atomic E-state index is 11.7. The molecule has 1 aromatic carbocycles. The molecular weight excluding hydrogens is 280 g/mol. The van der Waals surface area contributed by atoms with E-state index in [-0.39, 0.29) is 12.0 Å². The Kier molecular flexibility index (Phi) is 6.21. The van der Waals surface area contributed by atoms with Crippen LogP contribution in [0.15, 0.2) is 24.3 Å². The minimum Gasteiger partial charge on any atom is -0.493 e. The van der Waals surface area contributed by atoms with E-state index in [1.807, 2.05) is 12.1 Å². The fraction of sp³-hybridized carbons (Fsp3) is 0.588. The smallest absolute Gasteiger partial charge is 0.250 e. The topological polar surface area (TPSA) is 50.8 Å². The van der Waals surface area contributed by atoms with Gasteiger partial charge in [0, 0.05) is 26.7 Å². The van der Waals surface area contributed by atoms with Gasteiger partial charge in [0.15, 0.2) is 0 Å². The van der Waals surface area contributed by atoms with Gasteiger partial charge in [-0.1, -0.05) is 26.0 Å². The Morgan fingerprint density at radius 3 is 3.05 bits per heavy atom. The number of carbonyl (C=O) groups excluding carboxylic acids is 1. The molecule has 0 spiro atoms. The Morgan fingerprint density at radius 1 is 1.50 bits per heavy atom. The standard InChI is InChI=1S/C17H26N2O3/c1-13(2)12-22-15-6-4-5-14(9-15)10-19-7-8-21-16(11-19)17(20)18-3/h4-6,9,13,16H,7-8,10-12H2,1-3H3,(H,18,20)/t16-/m1/s1. The highest BCUT2D eigenvalue weighted by molar-refractivity contribution is 5.80. The molecule has 122 valence electrons. The van der Waals surface area contributed by atoms with E-state index in [9.17, 15) is 4.79 Å². The first-order chi connectivity index (χ1) is 10.6. The van der Waals surface area contributed by atoms with Gasteiger partial charge in [-0.25, -0.2) is 0 Å². The quantitative estimate of drug-likeness (QED) is 0.868. The molecule has 1 saturated heterocycles. The largest absolute Gasteiger partial charge is 0.493 e. The first-order valence-electron chi connectivity index (χ1n) is 7.85. The van der Waals surface area contributed by atoms with E-state index in [2.05, 4.69) is 36.2 Å². The lowest BCUT2D eigenvalue weighted by Crippen LogP contribution is -2.48. The molecule has 0 aliphatic carbocycles. The van der Waals surface area contributed by atoms with Crippen molar-refractivity contribution in [3.8, 4) is 5.75 Å². The van der Waals surface area contributed by atoms with Crippen molar-refractivity contribution in [1.29, 1.82) is 0 Å². The number of rotatable bonds is 6. The predicted octanol–water partition coefficient (Wildman–Crippen LogP) is 1.67. The summed E-state index contributed by atoms with van der Waals surface area (Å²) in [5.74, 6) is 1.36. The van der Waals surface area contributed by atoms with Crippen molar-refractivity contribution >= 4 is 5.91 Å². The van der Waals surface area contributed by atoms with Crippen LogP contribution in [-0.2, 0) is 16.1 Å². The van der Waals surface area contributed by atoms with Gasteiger partial charge in [0.05, 0.1) is 13.2 Å². The molecule has 0 aromatic heterocycles. The molecule has 1 atom stereocenters. The number of morpholine rings is 1. The van der Waals surface area contributed by atoms with Gasteiger partial charge < -0.3 is 14.8 Å². The highest BCUT2D eigenvalue weighted by Crippen LogP contribution is 2.17. The summed E-state index contributed by atoms with van der Waals surface area (Å²) in [6, 6.07) is 8.17. The predicted molar refractivity (Wildman–Crippen MR) is 85.9 cm³/mol. The molecule has 1 aliphatic rings. The van der Waals surface area contributed by atoms with Crippen LogP contribution in [0.5, 0.6) is 5.75 Å². The highest BCUT2D eigenvalue weighted by Gasteiger charge is 2.25. The van der Waals surface area contributed by atoms with Crippen LogP contribution in [0, 0.1) is 5.92 Å². The number of amides is 1. The van der Waals surface area contributed by atoms with Gasteiger partial charge in [0.2, 0.25) is 5.91 Å². The summed E-state index contributed by atoms with van der Waals surface area (Å²) in [4.78, 5) is 13.9. The van der Waals surface area contributed by atoms with Crippen molar-refractivity contribution in [3.05, 3.63) is 29.8 Å². The van der Waals surface area contributed by atoms with E-state index in [1.54, 1.807) is 7.05 Å². The van der Waals surface area contributed by atoms with Crippen LogP contribution >= 0.6 is 0 Å². The number of hydrogen-bond acceptors (Lipinski definition) is 4. The summed E-state index contributed by atoms with van der Waals surface area (Å²) in [6.07, 6.45) is -0.376. The van der Waals surface area contributed by atoms with E-state index >= 15 is 0 Å².